The van der Waals surface area contributed by atoms with Crippen molar-refractivity contribution in [1.82, 2.24) is 0 Å². The lowest BCUT2D eigenvalue weighted by atomic mass is 10.1. The Balaban J connectivity index is 1.83. The van der Waals surface area contributed by atoms with Crippen molar-refractivity contribution >= 4 is 5.69 Å². The summed E-state index contributed by atoms with van der Waals surface area (Å²) in [5.74, 6) is 2.63. The molecule has 4 nitrogen and oxygen atoms in total. The fourth-order valence-electron chi connectivity index (χ4n) is 2.30. The van der Waals surface area contributed by atoms with Crippen LogP contribution in [-0.2, 0) is 6.54 Å². The smallest absolute Gasteiger partial charge is 0.161 e. The molecule has 1 heterocycles. The Morgan fingerprint density at radius 2 is 1.65 bits per heavy atom. The van der Waals surface area contributed by atoms with Gasteiger partial charge in [-0.3, -0.25) is 0 Å². The fourth-order valence-corrected chi connectivity index (χ4v) is 2.30. The maximum atomic E-state index is 5.79. The molecule has 0 aliphatic carbocycles. The molecular formula is C16H17NO3. The maximum Gasteiger partial charge on any atom is 0.161 e. The SMILES string of the molecule is COc1ccc(N2COc3ccc(OC)cc3C2)cc1. The Kier molecular flexibility index (Phi) is 3.37. The van der Waals surface area contributed by atoms with Gasteiger partial charge in [-0.25, -0.2) is 0 Å². The van der Waals surface area contributed by atoms with Gasteiger partial charge in [-0.1, -0.05) is 0 Å². The summed E-state index contributed by atoms with van der Waals surface area (Å²) in [4.78, 5) is 2.17. The second-order valence-electron chi connectivity index (χ2n) is 4.64. The zero-order chi connectivity index (χ0) is 13.9. The Morgan fingerprint density at radius 3 is 2.35 bits per heavy atom. The van der Waals surface area contributed by atoms with Crippen LogP contribution in [-0.4, -0.2) is 21.0 Å². The summed E-state index contributed by atoms with van der Waals surface area (Å²) in [6.45, 7) is 1.35. The van der Waals surface area contributed by atoms with Crippen LogP contribution in [0.25, 0.3) is 0 Å². The van der Waals surface area contributed by atoms with E-state index >= 15 is 0 Å². The molecule has 4 heteroatoms. The van der Waals surface area contributed by atoms with Gasteiger partial charge in [-0.2, -0.15) is 0 Å². The molecule has 0 amide bonds. The third-order valence-electron chi connectivity index (χ3n) is 3.44. The minimum atomic E-state index is 0.547. The molecule has 1 aliphatic rings. The lowest BCUT2D eigenvalue weighted by molar-refractivity contribution is 0.288. The third kappa shape index (κ3) is 2.37. The van der Waals surface area contributed by atoms with Crippen LogP contribution in [0.4, 0.5) is 5.69 Å². The highest BCUT2D eigenvalue weighted by Crippen LogP contribution is 2.31. The molecule has 0 aromatic heterocycles. The van der Waals surface area contributed by atoms with Gasteiger partial charge in [0.05, 0.1) is 14.2 Å². The van der Waals surface area contributed by atoms with Crippen LogP contribution in [0.15, 0.2) is 42.5 Å². The summed E-state index contributed by atoms with van der Waals surface area (Å²) in [7, 11) is 3.34. The van der Waals surface area contributed by atoms with Gasteiger partial charge >= 0.3 is 0 Å². The lowest BCUT2D eigenvalue weighted by Crippen LogP contribution is -2.31. The van der Waals surface area contributed by atoms with Crippen molar-refractivity contribution in [3.8, 4) is 17.2 Å². The number of benzene rings is 2. The van der Waals surface area contributed by atoms with Crippen molar-refractivity contribution in [3.63, 3.8) is 0 Å². The monoisotopic (exact) mass is 271 g/mol. The number of hydrogen-bond acceptors (Lipinski definition) is 4. The van der Waals surface area contributed by atoms with Crippen LogP contribution in [0.5, 0.6) is 17.2 Å². The zero-order valence-corrected chi connectivity index (χ0v) is 11.6. The van der Waals surface area contributed by atoms with Crippen LogP contribution in [0.2, 0.25) is 0 Å². The van der Waals surface area contributed by atoms with E-state index in [0.717, 1.165) is 35.0 Å². The summed E-state index contributed by atoms with van der Waals surface area (Å²) in [5, 5.41) is 0. The molecule has 0 spiro atoms. The van der Waals surface area contributed by atoms with E-state index in [1.165, 1.54) is 0 Å². The maximum absolute atomic E-state index is 5.79. The van der Waals surface area contributed by atoms with Crippen molar-refractivity contribution in [1.29, 1.82) is 0 Å². The van der Waals surface area contributed by atoms with Crippen molar-refractivity contribution in [3.05, 3.63) is 48.0 Å². The van der Waals surface area contributed by atoms with Crippen LogP contribution in [0, 0.1) is 0 Å². The Bertz CT molecular complexity index is 595. The minimum Gasteiger partial charge on any atom is -0.497 e. The fraction of sp³-hybridized carbons (Fsp3) is 0.250. The molecule has 1 aliphatic heterocycles. The second kappa shape index (κ2) is 5.33. The first-order chi connectivity index (χ1) is 9.80. The Hall–Kier alpha value is -2.36. The summed E-state index contributed by atoms with van der Waals surface area (Å²) < 4.78 is 16.2. The number of ether oxygens (including phenoxy) is 3. The molecular weight excluding hydrogens is 254 g/mol. The molecule has 0 fully saturated rings. The average Bonchev–Trinajstić information content (AvgIpc) is 2.54. The standard InChI is InChI=1S/C16H17NO3/c1-18-14-5-3-13(4-6-14)17-10-12-9-15(19-2)7-8-16(12)20-11-17/h3-9H,10-11H2,1-2H3. The van der Waals surface area contributed by atoms with Crippen molar-refractivity contribution in [2.24, 2.45) is 0 Å². The summed E-state index contributed by atoms with van der Waals surface area (Å²) in [5.41, 5.74) is 2.24. The zero-order valence-electron chi connectivity index (χ0n) is 11.6. The molecule has 0 saturated carbocycles. The topological polar surface area (TPSA) is 30.9 Å². The van der Waals surface area contributed by atoms with Gasteiger partial charge in [0.15, 0.2) is 6.73 Å². The summed E-state index contributed by atoms with van der Waals surface area (Å²) in [6, 6.07) is 13.9. The van der Waals surface area contributed by atoms with Gasteiger partial charge in [0.2, 0.25) is 0 Å². The van der Waals surface area contributed by atoms with Crippen LogP contribution < -0.4 is 19.1 Å². The molecule has 0 atom stereocenters. The quantitative estimate of drug-likeness (QED) is 0.858. The molecule has 20 heavy (non-hydrogen) atoms. The number of anilines is 1. The molecule has 104 valence electrons. The number of methoxy groups -OCH3 is 2. The van der Waals surface area contributed by atoms with E-state index in [1.54, 1.807) is 14.2 Å². The van der Waals surface area contributed by atoms with E-state index in [1.807, 2.05) is 42.5 Å². The molecule has 0 radical (unpaired) electrons. The van der Waals surface area contributed by atoms with E-state index in [0.29, 0.717) is 6.73 Å². The summed E-state index contributed by atoms with van der Waals surface area (Å²) in [6.07, 6.45) is 0. The second-order valence-corrected chi connectivity index (χ2v) is 4.64. The minimum absolute atomic E-state index is 0.547. The number of fused-ring (bicyclic) bond motifs is 1. The molecule has 0 unspecified atom stereocenters. The van der Waals surface area contributed by atoms with Gasteiger partial charge < -0.3 is 19.1 Å². The van der Waals surface area contributed by atoms with E-state index in [-0.39, 0.29) is 0 Å². The molecule has 3 rings (SSSR count). The van der Waals surface area contributed by atoms with E-state index < -0.39 is 0 Å². The molecule has 2 aromatic rings. The van der Waals surface area contributed by atoms with Gasteiger partial charge in [0, 0.05) is 17.8 Å². The molecule has 0 bridgehead atoms. The lowest BCUT2D eigenvalue weighted by Gasteiger charge is -2.31. The molecule has 2 aromatic carbocycles. The summed E-state index contributed by atoms with van der Waals surface area (Å²) >= 11 is 0. The highest BCUT2D eigenvalue weighted by Gasteiger charge is 2.18. The van der Waals surface area contributed by atoms with Crippen LogP contribution in [0.1, 0.15) is 5.56 Å². The van der Waals surface area contributed by atoms with Crippen molar-refractivity contribution < 1.29 is 14.2 Å². The first-order valence-corrected chi connectivity index (χ1v) is 6.49. The first-order valence-electron chi connectivity index (χ1n) is 6.49. The van der Waals surface area contributed by atoms with E-state index in [9.17, 15) is 0 Å². The normalized spacial score (nSPS) is 13.4. The molecule has 0 saturated heterocycles. The highest BCUT2D eigenvalue weighted by molar-refractivity contribution is 5.52. The van der Waals surface area contributed by atoms with Gasteiger partial charge in [-0.05, 0) is 42.5 Å². The van der Waals surface area contributed by atoms with E-state index in [2.05, 4.69) is 4.90 Å². The van der Waals surface area contributed by atoms with Crippen LogP contribution >= 0.6 is 0 Å². The van der Waals surface area contributed by atoms with E-state index in [4.69, 9.17) is 14.2 Å². The largest absolute Gasteiger partial charge is 0.497 e. The Morgan fingerprint density at radius 1 is 0.950 bits per heavy atom. The average molecular weight is 271 g/mol. The highest BCUT2D eigenvalue weighted by atomic mass is 16.5. The number of nitrogens with zero attached hydrogens (tertiary/aromatic N) is 1. The first kappa shape index (κ1) is 12.7. The predicted molar refractivity (Wildman–Crippen MR) is 77.7 cm³/mol. The van der Waals surface area contributed by atoms with Gasteiger partial charge in [0.25, 0.3) is 0 Å². The molecule has 0 N–H and O–H groups in total. The Labute approximate surface area is 118 Å². The third-order valence-corrected chi connectivity index (χ3v) is 3.44. The number of hydrogen-bond donors (Lipinski definition) is 0. The van der Waals surface area contributed by atoms with Crippen molar-refractivity contribution in [2.45, 2.75) is 6.54 Å². The van der Waals surface area contributed by atoms with Crippen LogP contribution in [0.3, 0.4) is 0 Å². The predicted octanol–water partition coefficient (Wildman–Crippen LogP) is 3.06. The number of rotatable bonds is 3. The van der Waals surface area contributed by atoms with Gasteiger partial charge in [-0.15, -0.1) is 0 Å². The van der Waals surface area contributed by atoms with Gasteiger partial charge in [0.1, 0.15) is 17.2 Å². The van der Waals surface area contributed by atoms with Crippen molar-refractivity contribution in [2.75, 3.05) is 25.9 Å².